The summed E-state index contributed by atoms with van der Waals surface area (Å²) in [6.07, 6.45) is -5.26. The summed E-state index contributed by atoms with van der Waals surface area (Å²) in [7, 11) is 1.42. The van der Waals surface area contributed by atoms with Crippen molar-refractivity contribution in [2.24, 2.45) is 0 Å². The second kappa shape index (κ2) is 6.01. The first-order valence-electron chi connectivity index (χ1n) is 5.46. The number of rotatable bonds is 5. The third-order valence-electron chi connectivity index (χ3n) is 2.53. The summed E-state index contributed by atoms with van der Waals surface area (Å²) in [5, 5.41) is 8.73. The maximum Gasteiger partial charge on any atom is 0.390 e. The average molecular weight is 279 g/mol. The summed E-state index contributed by atoms with van der Waals surface area (Å²) in [4.78, 5) is 12.0. The maximum atomic E-state index is 13.7. The van der Waals surface area contributed by atoms with Crippen LogP contribution in [-0.2, 0) is 6.54 Å². The molecule has 0 atom stereocenters. The highest BCUT2D eigenvalue weighted by molar-refractivity contribution is 5.88. The molecule has 1 N–H and O–H groups in total. The van der Waals surface area contributed by atoms with Crippen LogP contribution < -0.4 is 0 Å². The maximum absolute atomic E-state index is 13.7. The van der Waals surface area contributed by atoms with E-state index in [0.717, 1.165) is 6.07 Å². The minimum absolute atomic E-state index is 0.0598. The Morgan fingerprint density at radius 2 is 2.00 bits per heavy atom. The Morgan fingerprint density at radius 1 is 1.37 bits per heavy atom. The van der Waals surface area contributed by atoms with Gasteiger partial charge in [0, 0.05) is 18.7 Å². The first-order valence-corrected chi connectivity index (χ1v) is 5.46. The van der Waals surface area contributed by atoms with Crippen LogP contribution in [-0.4, -0.2) is 35.7 Å². The van der Waals surface area contributed by atoms with E-state index < -0.39 is 29.9 Å². The van der Waals surface area contributed by atoms with Crippen molar-refractivity contribution in [1.82, 2.24) is 4.90 Å². The third-order valence-corrected chi connectivity index (χ3v) is 2.53. The number of carboxylic acid groups (broad SMARTS) is 1. The first kappa shape index (κ1) is 15.4. The Labute approximate surface area is 107 Å². The molecule has 0 unspecified atom stereocenters. The van der Waals surface area contributed by atoms with Crippen LogP contribution in [0.3, 0.4) is 0 Å². The molecule has 0 aliphatic heterocycles. The smallest absolute Gasteiger partial charge is 0.390 e. The Kier molecular flexibility index (Phi) is 4.88. The molecular formula is C12H13F4NO2. The number of halogens is 4. The highest BCUT2D eigenvalue weighted by atomic mass is 19.4. The molecule has 0 saturated heterocycles. The van der Waals surface area contributed by atoms with E-state index in [2.05, 4.69) is 0 Å². The topological polar surface area (TPSA) is 40.5 Å². The van der Waals surface area contributed by atoms with Crippen molar-refractivity contribution in [1.29, 1.82) is 0 Å². The normalized spacial score (nSPS) is 11.9. The van der Waals surface area contributed by atoms with Gasteiger partial charge in [-0.15, -0.1) is 0 Å². The lowest BCUT2D eigenvalue weighted by molar-refractivity contribution is -0.137. The quantitative estimate of drug-likeness (QED) is 0.842. The molecule has 1 rings (SSSR count). The van der Waals surface area contributed by atoms with Crippen LogP contribution in [0.4, 0.5) is 17.6 Å². The second-order valence-electron chi connectivity index (χ2n) is 4.19. The highest BCUT2D eigenvalue weighted by Crippen LogP contribution is 2.20. The second-order valence-corrected chi connectivity index (χ2v) is 4.19. The minimum atomic E-state index is -4.27. The van der Waals surface area contributed by atoms with Gasteiger partial charge in [0.05, 0.1) is 12.0 Å². The van der Waals surface area contributed by atoms with Crippen LogP contribution in [0.5, 0.6) is 0 Å². The fourth-order valence-corrected chi connectivity index (χ4v) is 1.55. The Hall–Kier alpha value is -1.63. The molecule has 0 saturated carbocycles. The summed E-state index contributed by atoms with van der Waals surface area (Å²) in [6, 6.07) is 3.82. The Bertz CT molecular complexity index is 460. The van der Waals surface area contributed by atoms with Gasteiger partial charge in [-0.05, 0) is 13.1 Å². The summed E-state index contributed by atoms with van der Waals surface area (Å²) in [6.45, 7) is -0.358. The molecule has 0 aliphatic carbocycles. The minimum Gasteiger partial charge on any atom is -0.478 e. The lowest BCUT2D eigenvalue weighted by Crippen LogP contribution is -2.24. The van der Waals surface area contributed by atoms with Gasteiger partial charge in [-0.1, -0.05) is 12.1 Å². The van der Waals surface area contributed by atoms with Gasteiger partial charge in [-0.2, -0.15) is 13.2 Å². The molecule has 106 valence electrons. The number of nitrogens with zero attached hydrogens (tertiary/aromatic N) is 1. The van der Waals surface area contributed by atoms with Crippen molar-refractivity contribution in [2.45, 2.75) is 19.1 Å². The van der Waals surface area contributed by atoms with E-state index >= 15 is 0 Å². The highest BCUT2D eigenvalue weighted by Gasteiger charge is 2.27. The molecule has 0 aliphatic rings. The van der Waals surface area contributed by atoms with Gasteiger partial charge in [0.25, 0.3) is 0 Å². The molecule has 19 heavy (non-hydrogen) atoms. The van der Waals surface area contributed by atoms with Crippen LogP contribution in [0, 0.1) is 5.82 Å². The van der Waals surface area contributed by atoms with Gasteiger partial charge in [-0.3, -0.25) is 0 Å². The van der Waals surface area contributed by atoms with E-state index in [0.29, 0.717) is 0 Å². The zero-order chi connectivity index (χ0) is 14.6. The van der Waals surface area contributed by atoms with E-state index in [4.69, 9.17) is 5.11 Å². The molecule has 0 bridgehead atoms. The monoisotopic (exact) mass is 279 g/mol. The number of benzene rings is 1. The van der Waals surface area contributed by atoms with Gasteiger partial charge in [0.1, 0.15) is 5.82 Å². The van der Waals surface area contributed by atoms with Crippen LogP contribution in [0.15, 0.2) is 18.2 Å². The number of hydrogen-bond donors (Lipinski definition) is 1. The number of aromatic carboxylic acids is 1. The SMILES string of the molecule is CN(CCC(F)(F)F)Cc1cccc(C(=O)O)c1F. The third kappa shape index (κ3) is 4.86. The average Bonchev–Trinajstić information content (AvgIpc) is 2.28. The largest absolute Gasteiger partial charge is 0.478 e. The number of hydrogen-bond acceptors (Lipinski definition) is 2. The fourth-order valence-electron chi connectivity index (χ4n) is 1.55. The summed E-state index contributed by atoms with van der Waals surface area (Å²) >= 11 is 0. The molecule has 0 amide bonds. The van der Waals surface area contributed by atoms with Crippen LogP contribution >= 0.6 is 0 Å². The molecular weight excluding hydrogens is 266 g/mol. The molecule has 0 heterocycles. The molecule has 0 radical (unpaired) electrons. The lowest BCUT2D eigenvalue weighted by Gasteiger charge is -2.18. The van der Waals surface area contributed by atoms with E-state index in [-0.39, 0.29) is 18.7 Å². The number of carboxylic acids is 1. The molecule has 1 aromatic rings. The van der Waals surface area contributed by atoms with Crippen molar-refractivity contribution in [3.63, 3.8) is 0 Å². The number of alkyl halides is 3. The van der Waals surface area contributed by atoms with Gasteiger partial charge in [0.2, 0.25) is 0 Å². The van der Waals surface area contributed by atoms with E-state index in [9.17, 15) is 22.4 Å². The van der Waals surface area contributed by atoms with E-state index in [1.54, 1.807) is 0 Å². The van der Waals surface area contributed by atoms with E-state index in [1.165, 1.54) is 24.1 Å². The molecule has 0 spiro atoms. The van der Waals surface area contributed by atoms with Crippen molar-refractivity contribution in [3.05, 3.63) is 35.1 Å². The van der Waals surface area contributed by atoms with Gasteiger partial charge in [-0.25, -0.2) is 9.18 Å². The van der Waals surface area contributed by atoms with Crippen LogP contribution in [0.25, 0.3) is 0 Å². The summed E-state index contributed by atoms with van der Waals surface area (Å²) < 4.78 is 49.8. The fraction of sp³-hybridized carbons (Fsp3) is 0.417. The number of carbonyl (C=O) groups is 1. The molecule has 7 heteroatoms. The zero-order valence-electron chi connectivity index (χ0n) is 10.2. The summed E-state index contributed by atoms with van der Waals surface area (Å²) in [5.74, 6) is -2.31. The van der Waals surface area contributed by atoms with Crippen molar-refractivity contribution < 1.29 is 27.5 Å². The predicted octanol–water partition coefficient (Wildman–Crippen LogP) is 2.91. The molecule has 1 aromatic carbocycles. The predicted molar refractivity (Wildman–Crippen MR) is 60.4 cm³/mol. The Balaban J connectivity index is 2.72. The molecule has 0 fully saturated rings. The van der Waals surface area contributed by atoms with Crippen LogP contribution in [0.2, 0.25) is 0 Å². The lowest BCUT2D eigenvalue weighted by atomic mass is 10.1. The van der Waals surface area contributed by atoms with E-state index in [1.807, 2.05) is 0 Å². The summed E-state index contributed by atoms with van der Waals surface area (Å²) in [5.41, 5.74) is -0.425. The van der Waals surface area contributed by atoms with Crippen LogP contribution in [0.1, 0.15) is 22.3 Å². The zero-order valence-corrected chi connectivity index (χ0v) is 10.2. The van der Waals surface area contributed by atoms with Gasteiger partial charge in [0.15, 0.2) is 0 Å². The van der Waals surface area contributed by atoms with Crippen molar-refractivity contribution >= 4 is 5.97 Å². The van der Waals surface area contributed by atoms with Crippen molar-refractivity contribution in [3.8, 4) is 0 Å². The Morgan fingerprint density at radius 3 is 2.53 bits per heavy atom. The van der Waals surface area contributed by atoms with Gasteiger partial charge >= 0.3 is 12.1 Å². The standard InChI is InChI=1S/C12H13F4NO2/c1-17(6-5-12(14,15)16)7-8-3-2-4-9(10(8)13)11(18)19/h2-4H,5-7H2,1H3,(H,18,19). The van der Waals surface area contributed by atoms with Gasteiger partial charge < -0.3 is 10.0 Å². The molecule has 0 aromatic heterocycles. The van der Waals surface area contributed by atoms with Crippen molar-refractivity contribution in [2.75, 3.05) is 13.6 Å². The molecule has 3 nitrogen and oxygen atoms in total. The first-order chi connectivity index (χ1) is 8.70.